The van der Waals surface area contributed by atoms with E-state index in [0.29, 0.717) is 5.92 Å². The molecule has 0 spiro atoms. The van der Waals surface area contributed by atoms with Gasteiger partial charge in [0.2, 0.25) is 0 Å². The molecule has 1 aromatic rings. The first-order valence-corrected chi connectivity index (χ1v) is 4.56. The second-order valence-corrected chi connectivity index (χ2v) is 2.95. The predicted molar refractivity (Wildman–Crippen MR) is 54.3 cm³/mol. The van der Waals surface area contributed by atoms with Crippen molar-refractivity contribution in [1.82, 2.24) is 0 Å². The SMILES string of the molecule is CC=CC(CC)c1ccccc1. The highest BCUT2D eigenvalue weighted by molar-refractivity contribution is 5.23. The van der Waals surface area contributed by atoms with Crippen LogP contribution >= 0.6 is 0 Å². The molecule has 0 heterocycles. The highest BCUT2D eigenvalue weighted by atomic mass is 14.1. The van der Waals surface area contributed by atoms with Gasteiger partial charge in [0.25, 0.3) is 0 Å². The monoisotopic (exact) mass is 160 g/mol. The van der Waals surface area contributed by atoms with Gasteiger partial charge in [-0.15, -0.1) is 0 Å². The van der Waals surface area contributed by atoms with Gasteiger partial charge in [-0.1, -0.05) is 49.4 Å². The molecule has 64 valence electrons. The molecule has 1 unspecified atom stereocenters. The molecule has 0 aliphatic rings. The van der Waals surface area contributed by atoms with Gasteiger partial charge in [-0.2, -0.15) is 0 Å². The molecule has 0 bridgehead atoms. The van der Waals surface area contributed by atoms with E-state index < -0.39 is 0 Å². The van der Waals surface area contributed by atoms with Crippen molar-refractivity contribution in [2.24, 2.45) is 0 Å². The molecule has 0 aliphatic heterocycles. The van der Waals surface area contributed by atoms with Gasteiger partial charge in [0, 0.05) is 5.92 Å². The van der Waals surface area contributed by atoms with Gasteiger partial charge >= 0.3 is 0 Å². The average Bonchev–Trinajstić information content (AvgIpc) is 2.15. The first-order valence-electron chi connectivity index (χ1n) is 4.56. The van der Waals surface area contributed by atoms with Crippen molar-refractivity contribution in [3.8, 4) is 0 Å². The average molecular weight is 160 g/mol. The van der Waals surface area contributed by atoms with Crippen molar-refractivity contribution >= 4 is 0 Å². The number of hydrogen-bond acceptors (Lipinski definition) is 0. The van der Waals surface area contributed by atoms with E-state index in [1.54, 1.807) is 0 Å². The molecule has 1 atom stereocenters. The maximum atomic E-state index is 2.26. The van der Waals surface area contributed by atoms with Crippen molar-refractivity contribution in [2.45, 2.75) is 26.2 Å². The Hall–Kier alpha value is -1.04. The lowest BCUT2D eigenvalue weighted by Gasteiger charge is -2.09. The maximum absolute atomic E-state index is 2.26. The van der Waals surface area contributed by atoms with Crippen LogP contribution in [-0.4, -0.2) is 0 Å². The quantitative estimate of drug-likeness (QED) is 0.591. The van der Waals surface area contributed by atoms with Crippen LogP contribution in [0.2, 0.25) is 0 Å². The largest absolute Gasteiger partial charge is 0.0910 e. The smallest absolute Gasteiger partial charge is 0.00152 e. The summed E-state index contributed by atoms with van der Waals surface area (Å²) in [4.78, 5) is 0. The molecule has 0 fully saturated rings. The summed E-state index contributed by atoms with van der Waals surface area (Å²) in [6.45, 7) is 4.29. The molecular weight excluding hydrogens is 144 g/mol. The minimum Gasteiger partial charge on any atom is -0.0910 e. The number of allylic oxidation sites excluding steroid dienone is 2. The van der Waals surface area contributed by atoms with E-state index in [2.05, 4.69) is 56.3 Å². The molecule has 1 rings (SSSR count). The topological polar surface area (TPSA) is 0 Å². The Labute approximate surface area is 74.9 Å². The Bertz CT molecular complexity index is 233. The van der Waals surface area contributed by atoms with Crippen molar-refractivity contribution in [1.29, 1.82) is 0 Å². The summed E-state index contributed by atoms with van der Waals surface area (Å²) in [5.41, 5.74) is 1.41. The third-order valence-corrected chi connectivity index (χ3v) is 2.09. The van der Waals surface area contributed by atoms with Crippen molar-refractivity contribution in [3.05, 3.63) is 48.0 Å². The molecule has 0 saturated heterocycles. The molecule has 0 aliphatic carbocycles. The van der Waals surface area contributed by atoms with Crippen LogP contribution in [0, 0.1) is 0 Å². The molecular formula is C12H16. The molecule has 1 aromatic carbocycles. The predicted octanol–water partition coefficient (Wildman–Crippen LogP) is 3.76. The van der Waals surface area contributed by atoms with Crippen molar-refractivity contribution in [3.63, 3.8) is 0 Å². The minimum absolute atomic E-state index is 0.594. The first kappa shape index (κ1) is 9.05. The summed E-state index contributed by atoms with van der Waals surface area (Å²) in [6, 6.07) is 10.6. The maximum Gasteiger partial charge on any atom is 0.00152 e. The summed E-state index contributed by atoms with van der Waals surface area (Å²) in [5, 5.41) is 0. The van der Waals surface area contributed by atoms with E-state index in [-0.39, 0.29) is 0 Å². The zero-order valence-electron chi connectivity index (χ0n) is 7.83. The molecule has 0 saturated carbocycles. The Morgan fingerprint density at radius 3 is 2.42 bits per heavy atom. The Morgan fingerprint density at radius 2 is 1.92 bits per heavy atom. The number of rotatable bonds is 3. The second kappa shape index (κ2) is 4.76. The molecule has 0 heteroatoms. The highest BCUT2D eigenvalue weighted by Crippen LogP contribution is 2.19. The molecule has 0 nitrogen and oxygen atoms in total. The first-order chi connectivity index (χ1) is 5.88. The fraction of sp³-hybridized carbons (Fsp3) is 0.333. The van der Waals surface area contributed by atoms with E-state index in [1.807, 2.05) is 0 Å². The van der Waals surface area contributed by atoms with Crippen LogP contribution in [0.25, 0.3) is 0 Å². The molecule has 12 heavy (non-hydrogen) atoms. The van der Waals surface area contributed by atoms with E-state index in [4.69, 9.17) is 0 Å². The van der Waals surface area contributed by atoms with Crippen LogP contribution in [-0.2, 0) is 0 Å². The zero-order chi connectivity index (χ0) is 8.81. The Balaban J connectivity index is 2.80. The lowest BCUT2D eigenvalue weighted by molar-refractivity contribution is 0.804. The van der Waals surface area contributed by atoms with Gasteiger partial charge in [0.05, 0.1) is 0 Å². The van der Waals surface area contributed by atoms with Gasteiger partial charge in [0.15, 0.2) is 0 Å². The van der Waals surface area contributed by atoms with Crippen LogP contribution < -0.4 is 0 Å². The fourth-order valence-corrected chi connectivity index (χ4v) is 1.42. The van der Waals surface area contributed by atoms with Crippen LogP contribution in [0.15, 0.2) is 42.5 Å². The standard InChI is InChI=1S/C12H16/c1-3-8-11(4-2)12-9-6-5-7-10-12/h3,5-11H,4H2,1-2H3. The van der Waals surface area contributed by atoms with Gasteiger partial charge in [-0.3, -0.25) is 0 Å². The highest BCUT2D eigenvalue weighted by Gasteiger charge is 2.02. The van der Waals surface area contributed by atoms with Gasteiger partial charge in [0.1, 0.15) is 0 Å². The summed E-state index contributed by atoms with van der Waals surface area (Å²) in [5.74, 6) is 0.594. The Morgan fingerprint density at radius 1 is 1.25 bits per heavy atom. The lowest BCUT2D eigenvalue weighted by Crippen LogP contribution is -1.91. The molecule has 0 N–H and O–H groups in total. The van der Waals surface area contributed by atoms with Crippen LogP contribution in [0.5, 0.6) is 0 Å². The second-order valence-electron chi connectivity index (χ2n) is 2.95. The zero-order valence-corrected chi connectivity index (χ0v) is 7.83. The van der Waals surface area contributed by atoms with Crippen molar-refractivity contribution in [2.75, 3.05) is 0 Å². The fourth-order valence-electron chi connectivity index (χ4n) is 1.42. The van der Waals surface area contributed by atoms with Gasteiger partial charge in [-0.05, 0) is 18.9 Å². The normalized spacial score (nSPS) is 13.5. The van der Waals surface area contributed by atoms with E-state index in [1.165, 1.54) is 12.0 Å². The van der Waals surface area contributed by atoms with Crippen LogP contribution in [0.4, 0.5) is 0 Å². The minimum atomic E-state index is 0.594. The summed E-state index contributed by atoms with van der Waals surface area (Å²) in [7, 11) is 0. The van der Waals surface area contributed by atoms with Gasteiger partial charge < -0.3 is 0 Å². The third kappa shape index (κ3) is 2.23. The molecule has 0 aromatic heterocycles. The number of benzene rings is 1. The molecule has 0 radical (unpaired) electrons. The summed E-state index contributed by atoms with van der Waals surface area (Å²) < 4.78 is 0. The van der Waals surface area contributed by atoms with Gasteiger partial charge in [-0.25, -0.2) is 0 Å². The third-order valence-electron chi connectivity index (χ3n) is 2.09. The number of hydrogen-bond donors (Lipinski definition) is 0. The summed E-state index contributed by atoms with van der Waals surface area (Å²) in [6.07, 6.45) is 5.56. The Kier molecular flexibility index (Phi) is 3.59. The van der Waals surface area contributed by atoms with E-state index in [0.717, 1.165) is 0 Å². The van der Waals surface area contributed by atoms with Crippen LogP contribution in [0.3, 0.4) is 0 Å². The van der Waals surface area contributed by atoms with E-state index >= 15 is 0 Å². The van der Waals surface area contributed by atoms with Crippen molar-refractivity contribution < 1.29 is 0 Å². The molecule has 0 amide bonds. The lowest BCUT2D eigenvalue weighted by atomic mass is 9.96. The summed E-state index contributed by atoms with van der Waals surface area (Å²) >= 11 is 0. The van der Waals surface area contributed by atoms with E-state index in [9.17, 15) is 0 Å². The van der Waals surface area contributed by atoms with Crippen LogP contribution in [0.1, 0.15) is 31.7 Å².